The van der Waals surface area contributed by atoms with E-state index in [4.69, 9.17) is 0 Å². The topological polar surface area (TPSA) is 4.93 Å². The van der Waals surface area contributed by atoms with Crippen molar-refractivity contribution in [2.75, 3.05) is 0 Å². The van der Waals surface area contributed by atoms with Gasteiger partial charge in [0.1, 0.15) is 0 Å². The molecular formula is C15H21N. The van der Waals surface area contributed by atoms with Gasteiger partial charge in [0.15, 0.2) is 0 Å². The van der Waals surface area contributed by atoms with E-state index in [-0.39, 0.29) is 0 Å². The van der Waals surface area contributed by atoms with Gasteiger partial charge in [-0.2, -0.15) is 0 Å². The fourth-order valence-corrected chi connectivity index (χ4v) is 3.56. The van der Waals surface area contributed by atoms with E-state index in [2.05, 4.69) is 42.7 Å². The van der Waals surface area contributed by atoms with Crippen molar-refractivity contribution in [2.45, 2.75) is 45.6 Å². The number of allylic oxidation sites excluding steroid dienone is 2. The molecule has 2 aliphatic rings. The molecule has 1 nitrogen and oxygen atoms in total. The second-order valence-corrected chi connectivity index (χ2v) is 5.44. The Labute approximate surface area is 98.2 Å². The quantitative estimate of drug-likeness (QED) is 0.674. The molecule has 16 heavy (non-hydrogen) atoms. The molecule has 1 heteroatoms. The fourth-order valence-electron chi connectivity index (χ4n) is 3.56. The van der Waals surface area contributed by atoms with Crippen LogP contribution < -0.4 is 0 Å². The molecule has 86 valence electrons. The molecule has 0 N–H and O–H groups in total. The van der Waals surface area contributed by atoms with Crippen LogP contribution in [0.4, 0.5) is 0 Å². The Hall–Kier alpha value is -0.980. The highest BCUT2D eigenvalue weighted by molar-refractivity contribution is 5.26. The largest absolute Gasteiger partial charge is 0.349 e. The van der Waals surface area contributed by atoms with Crippen molar-refractivity contribution >= 4 is 0 Å². The average Bonchev–Trinajstić information content (AvgIpc) is 2.95. The summed E-state index contributed by atoms with van der Waals surface area (Å²) in [6.07, 6.45) is 8.91. The molecule has 0 saturated heterocycles. The lowest BCUT2D eigenvalue weighted by Crippen LogP contribution is -2.12. The van der Waals surface area contributed by atoms with Gasteiger partial charge in [-0.3, -0.25) is 0 Å². The molecule has 2 aliphatic carbocycles. The molecule has 0 amide bonds. The van der Waals surface area contributed by atoms with Crippen molar-refractivity contribution in [2.24, 2.45) is 11.8 Å². The van der Waals surface area contributed by atoms with Crippen molar-refractivity contribution in [1.82, 2.24) is 4.57 Å². The van der Waals surface area contributed by atoms with Gasteiger partial charge in [-0.1, -0.05) is 19.1 Å². The molecule has 3 atom stereocenters. The van der Waals surface area contributed by atoms with Crippen LogP contribution >= 0.6 is 0 Å². The van der Waals surface area contributed by atoms with Gasteiger partial charge in [0.05, 0.1) is 0 Å². The number of hydrogen-bond acceptors (Lipinski definition) is 0. The molecule has 2 bridgehead atoms. The van der Waals surface area contributed by atoms with Gasteiger partial charge in [0, 0.05) is 23.9 Å². The summed E-state index contributed by atoms with van der Waals surface area (Å²) >= 11 is 0. The number of aryl methyl sites for hydroxylation is 1. The predicted molar refractivity (Wildman–Crippen MR) is 67.6 cm³/mol. The zero-order valence-corrected chi connectivity index (χ0v) is 10.3. The standard InChI is InChI=1S/C15H21N/c1-3-8-16-11(2)4-7-15(16)14-10-12-5-6-13(14)9-12/h4-7,12-14H,3,8-10H2,1-2H3. The maximum atomic E-state index is 2.54. The van der Waals surface area contributed by atoms with E-state index in [0.29, 0.717) is 0 Å². The van der Waals surface area contributed by atoms with Gasteiger partial charge in [-0.25, -0.2) is 0 Å². The summed E-state index contributed by atoms with van der Waals surface area (Å²) in [5, 5.41) is 0. The first-order valence-electron chi connectivity index (χ1n) is 6.64. The molecule has 1 heterocycles. The number of nitrogens with zero attached hydrogens (tertiary/aromatic N) is 1. The van der Waals surface area contributed by atoms with Crippen LogP contribution in [-0.2, 0) is 6.54 Å². The summed E-state index contributed by atoms with van der Waals surface area (Å²) in [6, 6.07) is 4.66. The predicted octanol–water partition coefficient (Wildman–Crippen LogP) is 3.89. The Morgan fingerprint density at radius 2 is 2.12 bits per heavy atom. The van der Waals surface area contributed by atoms with Crippen LogP contribution in [-0.4, -0.2) is 4.57 Å². The minimum absolute atomic E-state index is 0.801. The molecule has 3 rings (SSSR count). The molecule has 0 radical (unpaired) electrons. The van der Waals surface area contributed by atoms with Gasteiger partial charge in [0.2, 0.25) is 0 Å². The lowest BCUT2D eigenvalue weighted by atomic mass is 9.90. The summed E-state index contributed by atoms with van der Waals surface area (Å²) in [5.41, 5.74) is 3.03. The van der Waals surface area contributed by atoms with Gasteiger partial charge in [0.25, 0.3) is 0 Å². The van der Waals surface area contributed by atoms with Crippen molar-refractivity contribution in [3.63, 3.8) is 0 Å². The van der Waals surface area contributed by atoms with Gasteiger partial charge in [-0.15, -0.1) is 0 Å². The lowest BCUT2D eigenvalue weighted by Gasteiger charge is -2.21. The Balaban J connectivity index is 1.92. The zero-order chi connectivity index (χ0) is 11.1. The molecule has 1 saturated carbocycles. The minimum Gasteiger partial charge on any atom is -0.349 e. The van der Waals surface area contributed by atoms with Crippen molar-refractivity contribution in [3.8, 4) is 0 Å². The normalized spacial score (nSPS) is 31.5. The minimum atomic E-state index is 0.801. The second kappa shape index (κ2) is 3.80. The van der Waals surface area contributed by atoms with Crippen LogP contribution in [0.15, 0.2) is 24.3 Å². The summed E-state index contributed by atoms with van der Waals surface area (Å²) in [6.45, 7) is 5.69. The van der Waals surface area contributed by atoms with Crippen LogP contribution in [0.2, 0.25) is 0 Å². The first-order chi connectivity index (χ1) is 7.79. The number of aromatic nitrogens is 1. The number of fused-ring (bicyclic) bond motifs is 2. The fraction of sp³-hybridized carbons (Fsp3) is 0.600. The van der Waals surface area contributed by atoms with E-state index in [0.717, 1.165) is 17.8 Å². The second-order valence-electron chi connectivity index (χ2n) is 5.44. The zero-order valence-electron chi connectivity index (χ0n) is 10.3. The summed E-state index contributed by atoms with van der Waals surface area (Å²) < 4.78 is 2.54. The van der Waals surface area contributed by atoms with E-state index in [1.807, 2.05) is 0 Å². The van der Waals surface area contributed by atoms with E-state index in [1.165, 1.54) is 31.5 Å². The Morgan fingerprint density at radius 3 is 2.75 bits per heavy atom. The molecule has 3 unspecified atom stereocenters. The van der Waals surface area contributed by atoms with Gasteiger partial charge < -0.3 is 4.57 Å². The van der Waals surface area contributed by atoms with Crippen molar-refractivity contribution in [1.29, 1.82) is 0 Å². The third kappa shape index (κ3) is 1.45. The lowest BCUT2D eigenvalue weighted by molar-refractivity contribution is 0.520. The monoisotopic (exact) mass is 215 g/mol. The van der Waals surface area contributed by atoms with E-state index < -0.39 is 0 Å². The third-order valence-corrected chi connectivity index (χ3v) is 4.34. The maximum absolute atomic E-state index is 2.54. The highest BCUT2D eigenvalue weighted by atomic mass is 15.0. The van der Waals surface area contributed by atoms with Crippen molar-refractivity contribution < 1.29 is 0 Å². The first-order valence-corrected chi connectivity index (χ1v) is 6.64. The van der Waals surface area contributed by atoms with Crippen LogP contribution in [0.3, 0.4) is 0 Å². The van der Waals surface area contributed by atoms with Crippen LogP contribution in [0, 0.1) is 18.8 Å². The smallest absolute Gasteiger partial charge is 0.0222 e. The number of rotatable bonds is 3. The van der Waals surface area contributed by atoms with Gasteiger partial charge in [-0.05, 0) is 50.2 Å². The summed E-state index contributed by atoms with van der Waals surface area (Å²) in [5.74, 6) is 2.51. The molecule has 0 spiro atoms. The molecular weight excluding hydrogens is 194 g/mol. The van der Waals surface area contributed by atoms with Crippen LogP contribution in [0.1, 0.15) is 43.5 Å². The molecule has 1 fully saturated rings. The first kappa shape index (κ1) is 10.2. The summed E-state index contributed by atoms with van der Waals surface area (Å²) in [4.78, 5) is 0. The Bertz CT molecular complexity index is 413. The molecule has 1 aromatic rings. The highest BCUT2D eigenvalue weighted by Gasteiger charge is 2.37. The Morgan fingerprint density at radius 1 is 1.25 bits per heavy atom. The van der Waals surface area contributed by atoms with Crippen LogP contribution in [0.25, 0.3) is 0 Å². The average molecular weight is 215 g/mol. The van der Waals surface area contributed by atoms with E-state index in [1.54, 1.807) is 5.69 Å². The van der Waals surface area contributed by atoms with Crippen LogP contribution in [0.5, 0.6) is 0 Å². The van der Waals surface area contributed by atoms with Crippen molar-refractivity contribution in [3.05, 3.63) is 35.7 Å². The number of hydrogen-bond donors (Lipinski definition) is 0. The SMILES string of the molecule is CCCn1c(C)ccc1C1CC2C=CC1C2. The highest BCUT2D eigenvalue weighted by Crippen LogP contribution is 2.49. The molecule has 0 aromatic carbocycles. The Kier molecular flexibility index (Phi) is 2.42. The maximum Gasteiger partial charge on any atom is 0.0222 e. The molecule has 1 aromatic heterocycles. The van der Waals surface area contributed by atoms with E-state index >= 15 is 0 Å². The third-order valence-electron chi connectivity index (χ3n) is 4.34. The van der Waals surface area contributed by atoms with Gasteiger partial charge >= 0.3 is 0 Å². The summed E-state index contributed by atoms with van der Waals surface area (Å²) in [7, 11) is 0. The van der Waals surface area contributed by atoms with E-state index in [9.17, 15) is 0 Å². The molecule has 0 aliphatic heterocycles.